The van der Waals surface area contributed by atoms with Crippen LogP contribution >= 0.6 is 0 Å². The molecule has 5 fully saturated rings. The standard InChI is InChI=1S/C32H47N3O8/c1-19(36)42-25-16-32(40)24-5-4-21-15-22(43-29(39)34-11-13-35-12-10-33-17-26(35)37)6-8-30(21,2)23(24)7-9-31(32,3)28(25)20-14-27(38)41-18-20/h14,21-25,28,33,40H,4-13,15-18H2,1-3H3,(H,34,39)/t21-,22+,23+,24-,25+,28+,30+,31-,32+/m1/s1. The van der Waals surface area contributed by atoms with E-state index in [4.69, 9.17) is 14.2 Å². The smallest absolute Gasteiger partial charge is 0.407 e. The number of nitrogens with zero attached hydrogens (tertiary/aromatic N) is 1. The summed E-state index contributed by atoms with van der Waals surface area (Å²) in [7, 11) is 0. The van der Waals surface area contributed by atoms with Crippen LogP contribution in [-0.4, -0.2) is 91.1 Å². The average Bonchev–Trinajstić information content (AvgIpc) is 3.46. The van der Waals surface area contributed by atoms with E-state index in [9.17, 15) is 24.3 Å². The molecular weight excluding hydrogens is 554 g/mol. The average molecular weight is 602 g/mol. The van der Waals surface area contributed by atoms with Gasteiger partial charge in [-0.25, -0.2) is 9.59 Å². The van der Waals surface area contributed by atoms with Crippen molar-refractivity contribution in [1.82, 2.24) is 15.5 Å². The molecule has 11 nitrogen and oxygen atoms in total. The Bertz CT molecular complexity index is 1190. The van der Waals surface area contributed by atoms with Gasteiger partial charge in [-0.1, -0.05) is 13.8 Å². The Balaban J connectivity index is 1.11. The van der Waals surface area contributed by atoms with Gasteiger partial charge in [-0.2, -0.15) is 0 Å². The van der Waals surface area contributed by atoms with Gasteiger partial charge in [-0.15, -0.1) is 0 Å². The first kappa shape index (κ1) is 30.4. The van der Waals surface area contributed by atoms with Gasteiger partial charge in [0.15, 0.2) is 0 Å². The summed E-state index contributed by atoms with van der Waals surface area (Å²) in [5.74, 6) is -0.210. The zero-order valence-electron chi connectivity index (χ0n) is 25.7. The van der Waals surface area contributed by atoms with Crippen LogP contribution in [0.3, 0.4) is 0 Å². The van der Waals surface area contributed by atoms with Crippen molar-refractivity contribution < 1.29 is 38.5 Å². The molecule has 238 valence electrons. The molecule has 2 amide bonds. The van der Waals surface area contributed by atoms with Gasteiger partial charge in [-0.3, -0.25) is 9.59 Å². The number of ether oxygens (including phenoxy) is 3. The lowest BCUT2D eigenvalue weighted by atomic mass is 9.43. The highest BCUT2D eigenvalue weighted by Gasteiger charge is 2.71. The monoisotopic (exact) mass is 601 g/mol. The number of piperazine rings is 1. The number of carbonyl (C=O) groups excluding carboxylic acids is 4. The van der Waals surface area contributed by atoms with Crippen molar-refractivity contribution in [1.29, 1.82) is 0 Å². The number of hydrogen-bond donors (Lipinski definition) is 3. The SMILES string of the molecule is CC(=O)O[C@H]1C[C@]2(O)[C@@H]3CC[C@@H]4C[C@@H](OC(=O)NCCN5CCNCC5=O)CC[C@]4(C)[C@H]3CC[C@]2(C)[C@H]1C1=CC(=O)OC1. The summed E-state index contributed by atoms with van der Waals surface area (Å²) in [6, 6.07) is 0. The van der Waals surface area contributed by atoms with Crippen LogP contribution in [0.4, 0.5) is 4.79 Å². The molecule has 11 heteroatoms. The molecule has 0 aromatic heterocycles. The first-order valence-electron chi connectivity index (χ1n) is 16.1. The molecule has 43 heavy (non-hydrogen) atoms. The molecule has 0 aromatic carbocycles. The van der Waals surface area contributed by atoms with Crippen molar-refractivity contribution >= 4 is 23.9 Å². The van der Waals surface area contributed by atoms with Crippen LogP contribution in [-0.2, 0) is 28.6 Å². The lowest BCUT2D eigenvalue weighted by Crippen LogP contribution is -2.62. The van der Waals surface area contributed by atoms with Crippen LogP contribution in [0.15, 0.2) is 11.6 Å². The molecule has 0 bridgehead atoms. The summed E-state index contributed by atoms with van der Waals surface area (Å²) in [6.07, 6.45) is 6.87. The minimum absolute atomic E-state index is 0.0136. The van der Waals surface area contributed by atoms with E-state index in [2.05, 4.69) is 24.5 Å². The lowest BCUT2D eigenvalue weighted by molar-refractivity contribution is -0.208. The Morgan fingerprint density at radius 3 is 2.67 bits per heavy atom. The number of amides is 2. The molecule has 2 heterocycles. The van der Waals surface area contributed by atoms with E-state index in [1.54, 1.807) is 4.90 Å². The summed E-state index contributed by atoms with van der Waals surface area (Å²) in [4.78, 5) is 50.5. The number of rotatable bonds is 6. The van der Waals surface area contributed by atoms with Crippen molar-refractivity contribution in [2.75, 3.05) is 39.3 Å². The molecule has 0 radical (unpaired) electrons. The fourth-order valence-electron chi connectivity index (χ4n) is 10.2. The van der Waals surface area contributed by atoms with Crippen molar-refractivity contribution in [2.24, 2.45) is 34.5 Å². The Labute approximate surface area is 253 Å². The molecule has 1 saturated heterocycles. The Hall–Kier alpha value is -2.66. The quantitative estimate of drug-likeness (QED) is 0.309. The normalized spacial score (nSPS) is 42.2. The zero-order chi connectivity index (χ0) is 30.6. The first-order valence-corrected chi connectivity index (χ1v) is 16.1. The minimum Gasteiger partial charge on any atom is -0.462 e. The van der Waals surface area contributed by atoms with E-state index in [0.29, 0.717) is 44.4 Å². The minimum atomic E-state index is -1.03. The van der Waals surface area contributed by atoms with Gasteiger partial charge >= 0.3 is 18.0 Å². The van der Waals surface area contributed by atoms with Gasteiger partial charge in [-0.05, 0) is 73.7 Å². The maximum atomic E-state index is 12.7. The predicted molar refractivity (Wildman–Crippen MR) is 154 cm³/mol. The van der Waals surface area contributed by atoms with E-state index >= 15 is 0 Å². The summed E-state index contributed by atoms with van der Waals surface area (Å²) in [5.41, 5.74) is -0.728. The Kier molecular flexibility index (Phi) is 8.03. The van der Waals surface area contributed by atoms with E-state index in [1.165, 1.54) is 13.0 Å². The van der Waals surface area contributed by atoms with Gasteiger partial charge in [0.1, 0.15) is 18.8 Å². The van der Waals surface area contributed by atoms with Crippen molar-refractivity contribution in [2.45, 2.75) is 89.9 Å². The third-order valence-corrected chi connectivity index (χ3v) is 12.3. The second-order valence-corrected chi connectivity index (χ2v) is 14.3. The maximum absolute atomic E-state index is 12.7. The van der Waals surface area contributed by atoms with Crippen LogP contribution in [0.5, 0.6) is 0 Å². The second-order valence-electron chi connectivity index (χ2n) is 14.3. The fraction of sp³-hybridized carbons (Fsp3) is 0.812. The Morgan fingerprint density at radius 2 is 1.95 bits per heavy atom. The van der Waals surface area contributed by atoms with Crippen LogP contribution in [0, 0.1) is 34.5 Å². The number of nitrogens with one attached hydrogen (secondary N) is 2. The molecule has 3 N–H and O–H groups in total. The molecule has 9 atom stereocenters. The molecule has 6 rings (SSSR count). The molecular formula is C32H47N3O8. The third kappa shape index (κ3) is 5.24. The summed E-state index contributed by atoms with van der Waals surface area (Å²) >= 11 is 0. The fourth-order valence-corrected chi connectivity index (χ4v) is 10.2. The topological polar surface area (TPSA) is 144 Å². The number of cyclic esters (lactones) is 1. The van der Waals surface area contributed by atoms with Crippen molar-refractivity contribution in [3.05, 3.63) is 11.6 Å². The Morgan fingerprint density at radius 1 is 1.14 bits per heavy atom. The van der Waals surface area contributed by atoms with E-state index in [1.807, 2.05) is 0 Å². The van der Waals surface area contributed by atoms with Crippen molar-refractivity contribution in [3.8, 4) is 0 Å². The van der Waals surface area contributed by atoms with Gasteiger partial charge in [0.25, 0.3) is 0 Å². The molecule has 4 aliphatic carbocycles. The number of aliphatic hydroxyl groups is 1. The summed E-state index contributed by atoms with van der Waals surface area (Å²) < 4.78 is 17.0. The molecule has 2 aliphatic heterocycles. The van der Waals surface area contributed by atoms with Crippen LogP contribution < -0.4 is 10.6 Å². The van der Waals surface area contributed by atoms with E-state index < -0.39 is 23.2 Å². The molecule has 4 saturated carbocycles. The number of fused-ring (bicyclic) bond motifs is 5. The second kappa shape index (κ2) is 11.4. The summed E-state index contributed by atoms with van der Waals surface area (Å²) in [6.45, 7) is 8.66. The number of hydrogen-bond acceptors (Lipinski definition) is 9. The molecule has 6 aliphatic rings. The predicted octanol–water partition coefficient (Wildman–Crippen LogP) is 2.31. The number of carbonyl (C=O) groups is 4. The van der Waals surface area contributed by atoms with Gasteiger partial charge in [0, 0.05) is 56.9 Å². The zero-order valence-corrected chi connectivity index (χ0v) is 25.7. The van der Waals surface area contributed by atoms with Gasteiger partial charge in [0.2, 0.25) is 5.91 Å². The molecule has 0 aromatic rings. The highest BCUT2D eigenvalue weighted by molar-refractivity contribution is 5.85. The summed E-state index contributed by atoms with van der Waals surface area (Å²) in [5, 5.41) is 18.5. The maximum Gasteiger partial charge on any atom is 0.407 e. The van der Waals surface area contributed by atoms with E-state index in [-0.39, 0.29) is 47.8 Å². The van der Waals surface area contributed by atoms with E-state index in [0.717, 1.165) is 57.1 Å². The van der Waals surface area contributed by atoms with Crippen LogP contribution in [0.1, 0.15) is 72.1 Å². The van der Waals surface area contributed by atoms with Crippen LogP contribution in [0.25, 0.3) is 0 Å². The number of esters is 2. The molecule has 0 unspecified atom stereocenters. The first-order chi connectivity index (χ1) is 20.4. The largest absolute Gasteiger partial charge is 0.462 e. The third-order valence-electron chi connectivity index (χ3n) is 12.3. The van der Waals surface area contributed by atoms with Gasteiger partial charge < -0.3 is 34.9 Å². The molecule has 0 spiro atoms. The highest BCUT2D eigenvalue weighted by atomic mass is 16.6. The lowest BCUT2D eigenvalue weighted by Gasteiger charge is -2.63. The van der Waals surface area contributed by atoms with Gasteiger partial charge in [0.05, 0.1) is 12.1 Å². The number of alkyl carbamates (subject to hydrolysis) is 1. The van der Waals surface area contributed by atoms with Crippen molar-refractivity contribution in [3.63, 3.8) is 0 Å². The highest BCUT2D eigenvalue weighted by Crippen LogP contribution is 2.70. The van der Waals surface area contributed by atoms with Crippen LogP contribution in [0.2, 0.25) is 0 Å².